The lowest BCUT2D eigenvalue weighted by molar-refractivity contribution is 0.813. The Labute approximate surface area is 168 Å². The van der Waals surface area contributed by atoms with Crippen molar-refractivity contribution < 1.29 is 0 Å². The number of nitrogens with one attached hydrogen (secondary N) is 2. The zero-order chi connectivity index (χ0) is 20.4. The van der Waals surface area contributed by atoms with Gasteiger partial charge >= 0.3 is 0 Å². The summed E-state index contributed by atoms with van der Waals surface area (Å²) in [6.45, 7) is 10.5. The third-order valence-electron chi connectivity index (χ3n) is 4.07. The first kappa shape index (κ1) is 21.4. The maximum Gasteiger partial charge on any atom is 0.140 e. The van der Waals surface area contributed by atoms with Crippen molar-refractivity contribution >= 4 is 38.3 Å². The van der Waals surface area contributed by atoms with Gasteiger partial charge in [-0.3, -0.25) is 9.98 Å². The molecule has 0 saturated heterocycles. The van der Waals surface area contributed by atoms with Gasteiger partial charge in [-0.05, 0) is 49.7 Å². The second-order valence-electron chi connectivity index (χ2n) is 6.00. The molecule has 0 aliphatic rings. The standard InChI is InChI=1S/C21H25N6P/c1-5-17(21(23-3)18-8-6-15(2)10-19(18)28-4)13-24-14-26-27-20-9-7-16(11-22)12-25-20/h6-10,12-13,26,28H,3,5,14H2,1-2,4H3,(H,25,27)/b21-17-,24-13-. The summed E-state index contributed by atoms with van der Waals surface area (Å²) in [6.07, 6.45) is 4.16. The lowest BCUT2D eigenvalue weighted by atomic mass is 10.0. The van der Waals surface area contributed by atoms with Gasteiger partial charge < -0.3 is 5.43 Å². The summed E-state index contributed by atoms with van der Waals surface area (Å²) in [6, 6.07) is 11.9. The second-order valence-corrected chi connectivity index (χ2v) is 7.04. The number of aliphatic imine (C=N–C) groups is 2. The molecule has 1 atom stereocenters. The summed E-state index contributed by atoms with van der Waals surface area (Å²) >= 11 is 0. The Hall–Kier alpha value is -2.87. The van der Waals surface area contributed by atoms with E-state index in [4.69, 9.17) is 5.26 Å². The Bertz CT molecular complexity index is 909. The molecule has 0 aliphatic carbocycles. The monoisotopic (exact) mass is 392 g/mol. The normalized spacial score (nSPS) is 12.2. The van der Waals surface area contributed by atoms with Crippen LogP contribution in [-0.2, 0) is 0 Å². The lowest BCUT2D eigenvalue weighted by Gasteiger charge is -2.12. The number of hydrogen-bond acceptors (Lipinski definition) is 6. The third kappa shape index (κ3) is 5.82. The van der Waals surface area contributed by atoms with E-state index in [2.05, 4.69) is 71.2 Å². The van der Waals surface area contributed by atoms with Gasteiger partial charge in [-0.15, -0.1) is 0 Å². The predicted molar refractivity (Wildman–Crippen MR) is 121 cm³/mol. The highest BCUT2D eigenvalue weighted by Gasteiger charge is 2.09. The molecule has 0 spiro atoms. The van der Waals surface area contributed by atoms with Gasteiger partial charge in [-0.25, -0.2) is 10.4 Å². The first-order chi connectivity index (χ1) is 13.6. The molecule has 2 aromatic rings. The number of hydrazine groups is 1. The number of rotatable bonds is 9. The van der Waals surface area contributed by atoms with Gasteiger partial charge in [0.25, 0.3) is 0 Å². The Morgan fingerprint density at radius 2 is 2.18 bits per heavy atom. The van der Waals surface area contributed by atoms with Crippen LogP contribution in [0.25, 0.3) is 5.70 Å². The first-order valence-corrected chi connectivity index (χ1v) is 10.5. The Balaban J connectivity index is 2.07. The molecule has 0 fully saturated rings. The fraction of sp³-hybridized carbons (Fsp3) is 0.238. The molecular formula is C21H25N6P. The molecule has 1 unspecified atom stereocenters. The van der Waals surface area contributed by atoms with Crippen molar-refractivity contribution in [1.82, 2.24) is 10.4 Å². The summed E-state index contributed by atoms with van der Waals surface area (Å²) in [5.41, 5.74) is 10.8. The zero-order valence-corrected chi connectivity index (χ0v) is 17.5. The molecule has 0 bridgehead atoms. The highest BCUT2D eigenvalue weighted by molar-refractivity contribution is 7.46. The van der Waals surface area contributed by atoms with E-state index in [0.717, 1.165) is 23.3 Å². The van der Waals surface area contributed by atoms with Crippen LogP contribution < -0.4 is 16.2 Å². The molecule has 1 aromatic carbocycles. The Kier molecular flexibility index (Phi) is 8.48. The van der Waals surface area contributed by atoms with Crippen molar-refractivity contribution in [1.29, 1.82) is 5.26 Å². The highest BCUT2D eigenvalue weighted by Crippen LogP contribution is 2.24. The maximum absolute atomic E-state index is 8.78. The molecule has 1 aromatic heterocycles. The van der Waals surface area contributed by atoms with Gasteiger partial charge in [-0.1, -0.05) is 39.3 Å². The molecule has 2 N–H and O–H groups in total. The number of benzene rings is 1. The van der Waals surface area contributed by atoms with Gasteiger partial charge in [0.2, 0.25) is 0 Å². The van der Waals surface area contributed by atoms with Gasteiger partial charge in [0, 0.05) is 18.0 Å². The largest absolute Gasteiger partial charge is 0.304 e. The summed E-state index contributed by atoms with van der Waals surface area (Å²) < 4.78 is 0. The van der Waals surface area contributed by atoms with E-state index in [1.165, 1.54) is 17.1 Å². The second kappa shape index (κ2) is 11.1. The van der Waals surface area contributed by atoms with Crippen LogP contribution in [0.3, 0.4) is 0 Å². The van der Waals surface area contributed by atoms with Crippen molar-refractivity contribution in [2.45, 2.75) is 20.3 Å². The molecule has 0 aliphatic heterocycles. The fourth-order valence-corrected chi connectivity index (χ4v) is 3.46. The fourth-order valence-electron chi connectivity index (χ4n) is 2.62. The molecule has 28 heavy (non-hydrogen) atoms. The Morgan fingerprint density at radius 1 is 1.36 bits per heavy atom. The minimum absolute atomic E-state index is 0.367. The minimum atomic E-state index is 0.367. The topological polar surface area (TPSA) is 85.5 Å². The van der Waals surface area contributed by atoms with Crippen molar-refractivity contribution in [3.05, 3.63) is 58.8 Å². The van der Waals surface area contributed by atoms with Crippen LogP contribution >= 0.6 is 8.58 Å². The molecule has 0 amide bonds. The van der Waals surface area contributed by atoms with E-state index in [9.17, 15) is 0 Å². The highest BCUT2D eigenvalue weighted by atomic mass is 31.1. The van der Waals surface area contributed by atoms with Crippen LogP contribution in [0, 0.1) is 18.3 Å². The summed E-state index contributed by atoms with van der Waals surface area (Å²) in [7, 11) is 0.684. The summed E-state index contributed by atoms with van der Waals surface area (Å²) in [5.74, 6) is 0.627. The number of nitriles is 1. The number of allylic oxidation sites excluding steroid dienone is 1. The summed E-state index contributed by atoms with van der Waals surface area (Å²) in [4.78, 5) is 12.9. The quantitative estimate of drug-likeness (QED) is 0.295. The number of aryl methyl sites for hydroxylation is 1. The number of pyridine rings is 1. The number of anilines is 1. The van der Waals surface area contributed by atoms with E-state index < -0.39 is 0 Å². The van der Waals surface area contributed by atoms with Crippen molar-refractivity contribution in [2.24, 2.45) is 9.98 Å². The molecule has 0 radical (unpaired) electrons. The van der Waals surface area contributed by atoms with Gasteiger partial charge in [0.05, 0.1) is 11.3 Å². The van der Waals surface area contributed by atoms with E-state index in [0.29, 0.717) is 26.6 Å². The average Bonchev–Trinajstić information content (AvgIpc) is 2.73. The predicted octanol–water partition coefficient (Wildman–Crippen LogP) is 3.66. The summed E-state index contributed by atoms with van der Waals surface area (Å²) in [5, 5.41) is 10.1. The average molecular weight is 392 g/mol. The van der Waals surface area contributed by atoms with Gasteiger partial charge in [-0.2, -0.15) is 5.26 Å². The van der Waals surface area contributed by atoms with Crippen LogP contribution in [0.4, 0.5) is 5.82 Å². The SMILES string of the molecule is C=N/C(=C(\C=N/CNNc1ccc(C#N)cn1)CC)c1ccc(C)cc1PC. The van der Waals surface area contributed by atoms with Crippen molar-refractivity contribution in [2.75, 3.05) is 18.8 Å². The minimum Gasteiger partial charge on any atom is -0.304 e. The maximum atomic E-state index is 8.78. The number of hydrogen-bond donors (Lipinski definition) is 2. The van der Waals surface area contributed by atoms with E-state index in [-0.39, 0.29) is 0 Å². The van der Waals surface area contributed by atoms with Crippen LogP contribution in [-0.4, -0.2) is 31.2 Å². The number of aromatic nitrogens is 1. The zero-order valence-electron chi connectivity index (χ0n) is 16.5. The van der Waals surface area contributed by atoms with E-state index in [1.807, 2.05) is 12.3 Å². The number of nitrogens with zero attached hydrogens (tertiary/aromatic N) is 4. The van der Waals surface area contributed by atoms with Crippen LogP contribution in [0.15, 0.2) is 52.1 Å². The van der Waals surface area contributed by atoms with Crippen molar-refractivity contribution in [3.63, 3.8) is 0 Å². The van der Waals surface area contributed by atoms with E-state index in [1.54, 1.807) is 12.1 Å². The van der Waals surface area contributed by atoms with Crippen LogP contribution in [0.2, 0.25) is 0 Å². The van der Waals surface area contributed by atoms with Crippen LogP contribution in [0.1, 0.15) is 30.0 Å². The van der Waals surface area contributed by atoms with Crippen LogP contribution in [0.5, 0.6) is 0 Å². The molecule has 6 nitrogen and oxygen atoms in total. The van der Waals surface area contributed by atoms with Gasteiger partial charge in [0.1, 0.15) is 18.6 Å². The lowest BCUT2D eigenvalue weighted by Crippen LogP contribution is -2.22. The van der Waals surface area contributed by atoms with Gasteiger partial charge in [0.15, 0.2) is 0 Å². The molecule has 144 valence electrons. The molecule has 7 heteroatoms. The molecular weight excluding hydrogens is 367 g/mol. The van der Waals surface area contributed by atoms with E-state index >= 15 is 0 Å². The smallest absolute Gasteiger partial charge is 0.140 e. The first-order valence-electron chi connectivity index (χ1n) is 8.96. The molecule has 1 heterocycles. The third-order valence-corrected chi connectivity index (χ3v) is 5.02. The molecule has 2 rings (SSSR count). The Morgan fingerprint density at radius 3 is 2.79 bits per heavy atom. The molecule has 0 saturated carbocycles. The van der Waals surface area contributed by atoms with Crippen molar-refractivity contribution in [3.8, 4) is 6.07 Å².